The topological polar surface area (TPSA) is 104 Å². The maximum atomic E-state index is 12.9. The van der Waals surface area contributed by atoms with Crippen LogP contribution in [0.3, 0.4) is 0 Å². The number of hydrogen-bond acceptors (Lipinski definition) is 5. The van der Waals surface area contributed by atoms with Crippen molar-refractivity contribution in [1.82, 2.24) is 9.21 Å². The summed E-state index contributed by atoms with van der Waals surface area (Å²) in [6.45, 7) is 2.22. The molecule has 1 aliphatic rings. The van der Waals surface area contributed by atoms with E-state index in [2.05, 4.69) is 0 Å². The normalized spacial score (nSPS) is 18.2. The molecular weight excluding hydrogens is 372 g/mol. The molecule has 9 heteroatoms. The first-order chi connectivity index (χ1) is 12.8. The van der Waals surface area contributed by atoms with Crippen LogP contribution in [0, 0.1) is 12.8 Å². The fraction of sp³-hybridized carbons (Fsp3) is 0.556. The molecule has 1 aromatic carbocycles. The molecule has 2 rings (SSSR count). The van der Waals surface area contributed by atoms with Crippen molar-refractivity contribution < 1.29 is 27.9 Å². The summed E-state index contributed by atoms with van der Waals surface area (Å²) < 4.78 is 32.0. The second-order valence-corrected chi connectivity index (χ2v) is 8.60. The summed E-state index contributed by atoms with van der Waals surface area (Å²) in [5, 5.41) is 9.04. The van der Waals surface area contributed by atoms with Crippen molar-refractivity contribution in [1.29, 1.82) is 0 Å². The highest BCUT2D eigenvalue weighted by molar-refractivity contribution is 7.89. The van der Waals surface area contributed by atoms with Gasteiger partial charge in [0, 0.05) is 26.7 Å². The average Bonchev–Trinajstić information content (AvgIpc) is 2.64. The van der Waals surface area contributed by atoms with Gasteiger partial charge in [-0.15, -0.1) is 0 Å². The van der Waals surface area contributed by atoms with E-state index in [9.17, 15) is 18.0 Å². The highest BCUT2D eigenvalue weighted by atomic mass is 32.2. The molecule has 1 unspecified atom stereocenters. The van der Waals surface area contributed by atoms with Crippen molar-refractivity contribution in [3.63, 3.8) is 0 Å². The Labute approximate surface area is 159 Å². The van der Waals surface area contributed by atoms with Crippen LogP contribution in [0.15, 0.2) is 29.2 Å². The Morgan fingerprint density at radius 3 is 2.56 bits per heavy atom. The molecule has 27 heavy (non-hydrogen) atoms. The first-order valence-corrected chi connectivity index (χ1v) is 10.3. The number of carbonyl (C=O) groups excluding carboxylic acids is 1. The van der Waals surface area contributed by atoms with E-state index >= 15 is 0 Å². The van der Waals surface area contributed by atoms with E-state index in [0.29, 0.717) is 19.4 Å². The van der Waals surface area contributed by atoms with Gasteiger partial charge in [0.2, 0.25) is 15.9 Å². The molecule has 1 aromatic rings. The van der Waals surface area contributed by atoms with Crippen LogP contribution in [0.1, 0.15) is 18.4 Å². The summed E-state index contributed by atoms with van der Waals surface area (Å²) in [4.78, 5) is 25.3. The van der Waals surface area contributed by atoms with Crippen LogP contribution in [0.2, 0.25) is 0 Å². The van der Waals surface area contributed by atoms with Crippen LogP contribution in [-0.4, -0.2) is 74.5 Å². The standard InChI is InChI=1S/C18H26N2O6S/c1-14-5-7-16(8-6-14)27(24,25)20-9-3-4-15(12-20)18(23)19(10-11-26-2)13-17(21)22/h5-8,15H,3-4,9-13H2,1-2H3,(H,21,22). The minimum atomic E-state index is -3.69. The van der Waals surface area contributed by atoms with Gasteiger partial charge >= 0.3 is 5.97 Å². The third-order valence-corrected chi connectivity index (χ3v) is 6.47. The van der Waals surface area contributed by atoms with Gasteiger partial charge in [0.1, 0.15) is 6.54 Å². The number of rotatable bonds is 8. The highest BCUT2D eigenvalue weighted by Crippen LogP contribution is 2.25. The van der Waals surface area contributed by atoms with Gasteiger partial charge in [0.05, 0.1) is 17.4 Å². The van der Waals surface area contributed by atoms with Gasteiger partial charge < -0.3 is 14.7 Å². The Bertz CT molecular complexity index is 763. The number of sulfonamides is 1. The van der Waals surface area contributed by atoms with Gasteiger partial charge in [-0.25, -0.2) is 8.42 Å². The van der Waals surface area contributed by atoms with Crippen LogP contribution in [0.25, 0.3) is 0 Å². The number of carboxylic acids is 1. The van der Waals surface area contributed by atoms with Crippen molar-refractivity contribution in [2.45, 2.75) is 24.7 Å². The Hall–Kier alpha value is -1.97. The molecule has 0 radical (unpaired) electrons. The monoisotopic (exact) mass is 398 g/mol. The molecule has 150 valence electrons. The van der Waals surface area contributed by atoms with Crippen molar-refractivity contribution in [3.05, 3.63) is 29.8 Å². The number of carboxylic acid groups (broad SMARTS) is 1. The Morgan fingerprint density at radius 1 is 1.30 bits per heavy atom. The highest BCUT2D eigenvalue weighted by Gasteiger charge is 2.35. The Kier molecular flexibility index (Phi) is 7.34. The van der Waals surface area contributed by atoms with Gasteiger partial charge in [0.25, 0.3) is 0 Å². The number of aryl methyl sites for hydroxylation is 1. The van der Waals surface area contributed by atoms with Gasteiger partial charge in [-0.1, -0.05) is 17.7 Å². The predicted molar refractivity (Wildman–Crippen MR) is 98.8 cm³/mol. The van der Waals surface area contributed by atoms with Gasteiger partial charge in [-0.05, 0) is 31.9 Å². The average molecular weight is 398 g/mol. The number of benzene rings is 1. The first-order valence-electron chi connectivity index (χ1n) is 8.82. The first kappa shape index (κ1) is 21.3. The largest absolute Gasteiger partial charge is 0.480 e. The lowest BCUT2D eigenvalue weighted by Crippen LogP contribution is -2.48. The number of aliphatic carboxylic acids is 1. The number of ether oxygens (including phenoxy) is 1. The fourth-order valence-electron chi connectivity index (χ4n) is 3.11. The molecule has 0 aliphatic carbocycles. The van der Waals surface area contributed by atoms with Gasteiger partial charge in [0.15, 0.2) is 0 Å². The molecule has 1 N–H and O–H groups in total. The summed E-state index contributed by atoms with van der Waals surface area (Å²) in [6.07, 6.45) is 1.08. The molecule has 0 bridgehead atoms. The number of amides is 1. The smallest absolute Gasteiger partial charge is 0.323 e. The van der Waals surface area contributed by atoms with E-state index in [0.717, 1.165) is 5.56 Å². The van der Waals surface area contributed by atoms with E-state index in [-0.39, 0.29) is 30.5 Å². The van der Waals surface area contributed by atoms with Crippen LogP contribution < -0.4 is 0 Å². The number of nitrogens with zero attached hydrogens (tertiary/aromatic N) is 2. The van der Waals surface area contributed by atoms with Crippen molar-refractivity contribution >= 4 is 21.9 Å². The molecular formula is C18H26N2O6S. The molecule has 1 amide bonds. The van der Waals surface area contributed by atoms with E-state index < -0.39 is 28.5 Å². The second-order valence-electron chi connectivity index (χ2n) is 6.66. The molecule has 1 atom stereocenters. The molecule has 1 saturated heterocycles. The number of piperidine rings is 1. The van der Waals surface area contributed by atoms with Crippen LogP contribution >= 0.6 is 0 Å². The maximum Gasteiger partial charge on any atom is 0.323 e. The SMILES string of the molecule is COCCN(CC(=O)O)C(=O)C1CCCN(S(=O)(=O)c2ccc(C)cc2)C1. The molecule has 0 aromatic heterocycles. The zero-order chi connectivity index (χ0) is 20.0. The Balaban J connectivity index is 2.14. The number of carbonyl (C=O) groups is 2. The summed E-state index contributed by atoms with van der Waals surface area (Å²) >= 11 is 0. The number of methoxy groups -OCH3 is 1. The quantitative estimate of drug-likeness (QED) is 0.699. The zero-order valence-corrected chi connectivity index (χ0v) is 16.4. The van der Waals surface area contributed by atoms with Crippen molar-refractivity contribution in [2.24, 2.45) is 5.92 Å². The van der Waals surface area contributed by atoms with E-state index in [1.807, 2.05) is 6.92 Å². The second kappa shape index (κ2) is 9.29. The van der Waals surface area contributed by atoms with Gasteiger partial charge in [-0.3, -0.25) is 9.59 Å². The number of hydrogen-bond donors (Lipinski definition) is 1. The molecule has 1 aliphatic heterocycles. The van der Waals surface area contributed by atoms with E-state index in [4.69, 9.17) is 9.84 Å². The molecule has 0 saturated carbocycles. The summed E-state index contributed by atoms with van der Waals surface area (Å²) in [5.74, 6) is -2.02. The van der Waals surface area contributed by atoms with Crippen LogP contribution in [0.4, 0.5) is 0 Å². The van der Waals surface area contributed by atoms with Crippen LogP contribution in [-0.2, 0) is 24.3 Å². The third kappa shape index (κ3) is 5.50. The minimum absolute atomic E-state index is 0.0537. The summed E-state index contributed by atoms with van der Waals surface area (Å²) in [5.41, 5.74) is 0.961. The maximum absolute atomic E-state index is 12.9. The van der Waals surface area contributed by atoms with Crippen molar-refractivity contribution in [2.75, 3.05) is 39.9 Å². The Morgan fingerprint density at radius 2 is 1.96 bits per heavy atom. The predicted octanol–water partition coefficient (Wildman–Crippen LogP) is 0.955. The minimum Gasteiger partial charge on any atom is -0.480 e. The van der Waals surface area contributed by atoms with Crippen LogP contribution in [0.5, 0.6) is 0 Å². The zero-order valence-electron chi connectivity index (χ0n) is 15.6. The fourth-order valence-corrected chi connectivity index (χ4v) is 4.64. The molecule has 1 heterocycles. The molecule has 1 fully saturated rings. The lowest BCUT2D eigenvalue weighted by Gasteiger charge is -2.34. The van der Waals surface area contributed by atoms with E-state index in [1.165, 1.54) is 16.3 Å². The lowest BCUT2D eigenvalue weighted by molar-refractivity contribution is -0.147. The van der Waals surface area contributed by atoms with E-state index in [1.54, 1.807) is 24.3 Å². The van der Waals surface area contributed by atoms with Gasteiger partial charge in [-0.2, -0.15) is 4.31 Å². The van der Waals surface area contributed by atoms with Crippen molar-refractivity contribution in [3.8, 4) is 0 Å². The summed E-state index contributed by atoms with van der Waals surface area (Å²) in [6, 6.07) is 6.59. The summed E-state index contributed by atoms with van der Waals surface area (Å²) in [7, 11) is -2.22. The molecule has 8 nitrogen and oxygen atoms in total. The molecule has 0 spiro atoms. The lowest BCUT2D eigenvalue weighted by atomic mass is 9.98. The third-order valence-electron chi connectivity index (χ3n) is 4.60.